The molecule has 154 valence electrons. The number of hydrogen-bond acceptors (Lipinski definition) is 5. The molecule has 2 aromatic carbocycles. The maximum atomic E-state index is 12.4. The molecular formula is C20H24N4O4S. The van der Waals surface area contributed by atoms with Crippen LogP contribution < -0.4 is 16.2 Å². The first kappa shape index (κ1) is 21.0. The van der Waals surface area contributed by atoms with Gasteiger partial charge in [-0.25, -0.2) is 13.6 Å². The summed E-state index contributed by atoms with van der Waals surface area (Å²) in [5, 5.41) is 7.91. The minimum atomic E-state index is -3.72. The van der Waals surface area contributed by atoms with Crippen molar-refractivity contribution in [3.8, 4) is 0 Å². The van der Waals surface area contributed by atoms with Gasteiger partial charge in [0.2, 0.25) is 21.8 Å². The van der Waals surface area contributed by atoms with E-state index in [1.165, 1.54) is 12.1 Å². The summed E-state index contributed by atoms with van der Waals surface area (Å²) in [6, 6.07) is 13.5. The van der Waals surface area contributed by atoms with E-state index >= 15 is 0 Å². The zero-order chi connectivity index (χ0) is 21.0. The van der Waals surface area contributed by atoms with Gasteiger partial charge in [0.15, 0.2) is 0 Å². The number of carbonyl (C=O) groups excluding carboxylic acids is 2. The summed E-state index contributed by atoms with van der Waals surface area (Å²) in [5.41, 5.74) is 8.59. The minimum absolute atomic E-state index is 0.0492. The number of nitrogens with zero attached hydrogens (tertiary/aromatic N) is 1. The molecule has 8 nitrogen and oxygen atoms in total. The van der Waals surface area contributed by atoms with Crippen LogP contribution in [0.15, 0.2) is 53.4 Å². The number of benzene rings is 2. The van der Waals surface area contributed by atoms with Crippen LogP contribution in [0, 0.1) is 0 Å². The number of nitrogens with two attached hydrogens (primary N) is 2. The number of rotatable bonds is 7. The van der Waals surface area contributed by atoms with Crippen molar-refractivity contribution in [3.05, 3.63) is 65.2 Å². The van der Waals surface area contributed by atoms with Crippen LogP contribution >= 0.6 is 0 Å². The molecular weight excluding hydrogens is 392 g/mol. The fraction of sp³-hybridized carbons (Fsp3) is 0.300. The lowest BCUT2D eigenvalue weighted by Crippen LogP contribution is -2.51. The fourth-order valence-corrected chi connectivity index (χ4v) is 3.97. The highest BCUT2D eigenvalue weighted by atomic mass is 32.2. The Bertz CT molecular complexity index is 1010. The Labute approximate surface area is 169 Å². The van der Waals surface area contributed by atoms with E-state index in [2.05, 4.69) is 5.32 Å². The Balaban J connectivity index is 1.54. The van der Waals surface area contributed by atoms with E-state index in [4.69, 9.17) is 10.9 Å². The highest BCUT2D eigenvalue weighted by Gasteiger charge is 2.31. The summed E-state index contributed by atoms with van der Waals surface area (Å²) in [6.07, 6.45) is 1.04. The van der Waals surface area contributed by atoms with E-state index in [1.54, 1.807) is 17.0 Å². The van der Waals surface area contributed by atoms with Crippen LogP contribution in [0.4, 0.5) is 0 Å². The second kappa shape index (κ2) is 8.73. The predicted molar refractivity (Wildman–Crippen MR) is 108 cm³/mol. The molecule has 1 unspecified atom stereocenters. The van der Waals surface area contributed by atoms with Crippen molar-refractivity contribution >= 4 is 21.8 Å². The molecule has 0 aliphatic carbocycles. The molecule has 0 spiro atoms. The zero-order valence-corrected chi connectivity index (χ0v) is 16.7. The van der Waals surface area contributed by atoms with Crippen molar-refractivity contribution in [3.63, 3.8) is 0 Å². The van der Waals surface area contributed by atoms with E-state index in [0.29, 0.717) is 25.9 Å². The second-order valence-corrected chi connectivity index (χ2v) is 8.65. The van der Waals surface area contributed by atoms with Crippen molar-refractivity contribution in [2.24, 2.45) is 10.9 Å². The second-order valence-electron chi connectivity index (χ2n) is 7.08. The molecule has 5 N–H and O–H groups in total. The topological polar surface area (TPSA) is 136 Å². The van der Waals surface area contributed by atoms with Crippen molar-refractivity contribution < 1.29 is 18.0 Å². The quantitative estimate of drug-likeness (QED) is 0.579. The molecule has 2 aromatic rings. The molecule has 0 saturated heterocycles. The molecule has 0 aromatic heterocycles. The largest absolute Gasteiger partial charge is 0.368 e. The van der Waals surface area contributed by atoms with Crippen LogP contribution in [-0.4, -0.2) is 44.3 Å². The molecule has 1 atom stereocenters. The summed E-state index contributed by atoms with van der Waals surface area (Å²) in [4.78, 5) is 26.1. The summed E-state index contributed by atoms with van der Waals surface area (Å²) < 4.78 is 22.5. The van der Waals surface area contributed by atoms with Crippen LogP contribution in [0.2, 0.25) is 0 Å². The number of hydrogen-bond donors (Lipinski definition) is 3. The third kappa shape index (κ3) is 5.41. The average molecular weight is 417 g/mol. The van der Waals surface area contributed by atoms with E-state index in [-0.39, 0.29) is 17.3 Å². The summed E-state index contributed by atoms with van der Waals surface area (Å²) in [6.45, 7) is 0.956. The number of primary amides is 1. The first-order valence-electron chi connectivity index (χ1n) is 9.22. The highest BCUT2D eigenvalue weighted by Crippen LogP contribution is 2.22. The van der Waals surface area contributed by atoms with Crippen molar-refractivity contribution in [1.82, 2.24) is 10.2 Å². The summed E-state index contributed by atoms with van der Waals surface area (Å²) in [7, 11) is -3.72. The van der Waals surface area contributed by atoms with Gasteiger partial charge in [0, 0.05) is 13.1 Å². The first-order valence-corrected chi connectivity index (χ1v) is 10.8. The Kier molecular flexibility index (Phi) is 6.31. The molecule has 0 fully saturated rings. The van der Waals surface area contributed by atoms with Crippen LogP contribution in [-0.2, 0) is 39.0 Å². The number of primary sulfonamides is 1. The SMILES string of the molecule is NC(=O)C1Cc2ccccc2CN1CC(=O)NCCc1ccc(S(N)(=O)=O)cc1. The van der Waals surface area contributed by atoms with E-state index in [9.17, 15) is 18.0 Å². The van der Waals surface area contributed by atoms with Crippen molar-refractivity contribution in [2.45, 2.75) is 30.3 Å². The Morgan fingerprint density at radius 2 is 1.72 bits per heavy atom. The monoisotopic (exact) mass is 416 g/mol. The van der Waals surface area contributed by atoms with Crippen LogP contribution in [0.1, 0.15) is 16.7 Å². The van der Waals surface area contributed by atoms with E-state index in [0.717, 1.165) is 16.7 Å². The van der Waals surface area contributed by atoms with Crippen LogP contribution in [0.3, 0.4) is 0 Å². The predicted octanol–water partition coefficient (Wildman–Crippen LogP) is -0.0951. The number of amides is 2. The molecule has 2 amide bonds. The van der Waals surface area contributed by atoms with E-state index in [1.807, 2.05) is 24.3 Å². The Hall–Kier alpha value is -2.75. The van der Waals surface area contributed by atoms with Gasteiger partial charge in [-0.2, -0.15) is 0 Å². The Morgan fingerprint density at radius 1 is 1.07 bits per heavy atom. The number of sulfonamides is 1. The van der Waals surface area contributed by atoms with Gasteiger partial charge in [-0.15, -0.1) is 0 Å². The van der Waals surface area contributed by atoms with Crippen LogP contribution in [0.5, 0.6) is 0 Å². The van der Waals surface area contributed by atoms with Gasteiger partial charge >= 0.3 is 0 Å². The normalized spacial score (nSPS) is 16.8. The lowest BCUT2D eigenvalue weighted by atomic mass is 9.93. The highest BCUT2D eigenvalue weighted by molar-refractivity contribution is 7.89. The third-order valence-corrected chi connectivity index (χ3v) is 5.94. The molecule has 0 radical (unpaired) electrons. The van der Waals surface area contributed by atoms with E-state index < -0.39 is 22.0 Å². The molecule has 3 rings (SSSR count). The molecule has 29 heavy (non-hydrogen) atoms. The van der Waals surface area contributed by atoms with Gasteiger partial charge in [0.05, 0.1) is 17.5 Å². The number of carbonyl (C=O) groups is 2. The summed E-state index contributed by atoms with van der Waals surface area (Å²) >= 11 is 0. The van der Waals surface area contributed by atoms with Crippen molar-refractivity contribution in [1.29, 1.82) is 0 Å². The molecule has 0 bridgehead atoms. The average Bonchev–Trinajstić information content (AvgIpc) is 2.67. The molecule has 1 heterocycles. The first-order chi connectivity index (χ1) is 13.7. The van der Waals surface area contributed by atoms with Crippen molar-refractivity contribution in [2.75, 3.05) is 13.1 Å². The van der Waals surface area contributed by atoms with Gasteiger partial charge in [-0.05, 0) is 41.7 Å². The summed E-state index contributed by atoms with van der Waals surface area (Å²) in [5.74, 6) is -0.640. The van der Waals surface area contributed by atoms with Gasteiger partial charge in [0.25, 0.3) is 0 Å². The third-order valence-electron chi connectivity index (χ3n) is 5.01. The van der Waals surface area contributed by atoms with Gasteiger partial charge in [-0.3, -0.25) is 14.5 Å². The molecule has 1 aliphatic rings. The minimum Gasteiger partial charge on any atom is -0.368 e. The smallest absolute Gasteiger partial charge is 0.238 e. The fourth-order valence-electron chi connectivity index (χ4n) is 3.46. The Morgan fingerprint density at radius 3 is 2.34 bits per heavy atom. The maximum Gasteiger partial charge on any atom is 0.238 e. The lowest BCUT2D eigenvalue weighted by molar-refractivity contribution is -0.127. The maximum absolute atomic E-state index is 12.4. The number of fused-ring (bicyclic) bond motifs is 1. The standard InChI is InChI=1S/C20H24N4O4S/c21-20(26)18-11-15-3-1-2-4-16(15)12-24(18)13-19(25)23-10-9-14-5-7-17(8-6-14)29(22,27)28/h1-8,18H,9-13H2,(H2,21,26)(H,23,25)(H2,22,27,28). The van der Waals surface area contributed by atoms with Gasteiger partial charge in [-0.1, -0.05) is 36.4 Å². The molecule has 1 aliphatic heterocycles. The molecule has 9 heteroatoms. The number of nitrogens with one attached hydrogen (secondary N) is 1. The van der Waals surface area contributed by atoms with Crippen LogP contribution in [0.25, 0.3) is 0 Å². The zero-order valence-electron chi connectivity index (χ0n) is 15.9. The molecule has 0 saturated carbocycles. The van der Waals surface area contributed by atoms with Gasteiger partial charge in [0.1, 0.15) is 0 Å². The van der Waals surface area contributed by atoms with Gasteiger partial charge < -0.3 is 11.1 Å². The lowest BCUT2D eigenvalue weighted by Gasteiger charge is -2.34.